The van der Waals surface area contributed by atoms with E-state index in [0.717, 1.165) is 5.69 Å². The first-order valence-corrected chi connectivity index (χ1v) is 5.60. The van der Waals surface area contributed by atoms with Gasteiger partial charge in [-0.25, -0.2) is 4.98 Å². The van der Waals surface area contributed by atoms with Gasteiger partial charge in [-0.2, -0.15) is 0 Å². The molecule has 17 heavy (non-hydrogen) atoms. The van der Waals surface area contributed by atoms with Crippen molar-refractivity contribution in [1.82, 2.24) is 9.97 Å². The number of hydrogen-bond donors (Lipinski definition) is 2. The van der Waals surface area contributed by atoms with Crippen molar-refractivity contribution in [1.29, 1.82) is 0 Å². The maximum Gasteiger partial charge on any atom is 0.151 e. The maximum atomic E-state index is 5.60. The number of para-hydroxylation sites is 1. The van der Waals surface area contributed by atoms with Crippen molar-refractivity contribution in [2.45, 2.75) is 19.8 Å². The smallest absolute Gasteiger partial charge is 0.151 e. The molecule has 0 atom stereocenters. The fraction of sp³-hybridized carbons (Fsp3) is 0.231. The number of anilines is 3. The third kappa shape index (κ3) is 2.72. The van der Waals surface area contributed by atoms with Crippen LogP contribution < -0.4 is 11.1 Å². The Morgan fingerprint density at radius 3 is 2.65 bits per heavy atom. The van der Waals surface area contributed by atoms with E-state index in [1.807, 2.05) is 18.2 Å². The van der Waals surface area contributed by atoms with E-state index in [4.69, 9.17) is 5.73 Å². The molecule has 4 nitrogen and oxygen atoms in total. The quantitative estimate of drug-likeness (QED) is 0.847. The Balaban J connectivity index is 2.30. The van der Waals surface area contributed by atoms with Crippen LogP contribution in [-0.4, -0.2) is 9.97 Å². The van der Waals surface area contributed by atoms with Crippen molar-refractivity contribution in [3.8, 4) is 0 Å². The van der Waals surface area contributed by atoms with E-state index in [1.165, 1.54) is 11.8 Å². The van der Waals surface area contributed by atoms with Crippen LogP contribution in [0.3, 0.4) is 0 Å². The van der Waals surface area contributed by atoms with Gasteiger partial charge < -0.3 is 11.1 Å². The molecule has 0 saturated carbocycles. The molecule has 2 aromatic rings. The van der Waals surface area contributed by atoms with Crippen molar-refractivity contribution in [2.24, 2.45) is 0 Å². The monoisotopic (exact) mass is 228 g/mol. The molecule has 0 radical (unpaired) electrons. The lowest BCUT2D eigenvalue weighted by atomic mass is 10.0. The van der Waals surface area contributed by atoms with E-state index in [9.17, 15) is 0 Å². The molecule has 0 spiro atoms. The van der Waals surface area contributed by atoms with Gasteiger partial charge in [0.15, 0.2) is 5.82 Å². The highest BCUT2D eigenvalue weighted by molar-refractivity contribution is 5.61. The minimum Gasteiger partial charge on any atom is -0.382 e. The number of benzene rings is 1. The molecule has 2 rings (SSSR count). The first-order valence-electron chi connectivity index (χ1n) is 5.60. The number of nitrogens with one attached hydrogen (secondary N) is 1. The summed E-state index contributed by atoms with van der Waals surface area (Å²) in [5, 5.41) is 3.24. The summed E-state index contributed by atoms with van der Waals surface area (Å²) in [4.78, 5) is 8.18. The lowest BCUT2D eigenvalue weighted by Gasteiger charge is -2.13. The van der Waals surface area contributed by atoms with Crippen LogP contribution in [-0.2, 0) is 0 Å². The van der Waals surface area contributed by atoms with E-state index >= 15 is 0 Å². The Hall–Kier alpha value is -2.10. The van der Waals surface area contributed by atoms with Crippen LogP contribution in [0.5, 0.6) is 0 Å². The highest BCUT2D eigenvalue weighted by atomic mass is 15.0. The van der Waals surface area contributed by atoms with E-state index in [0.29, 0.717) is 17.6 Å². The zero-order chi connectivity index (χ0) is 12.3. The van der Waals surface area contributed by atoms with Crippen LogP contribution in [0.25, 0.3) is 0 Å². The first kappa shape index (κ1) is 11.4. The summed E-state index contributed by atoms with van der Waals surface area (Å²) in [7, 11) is 0. The summed E-state index contributed by atoms with van der Waals surface area (Å²) >= 11 is 0. The Morgan fingerprint density at radius 1 is 1.18 bits per heavy atom. The fourth-order valence-electron chi connectivity index (χ4n) is 1.69. The predicted molar refractivity (Wildman–Crippen MR) is 70.3 cm³/mol. The van der Waals surface area contributed by atoms with Gasteiger partial charge in [0, 0.05) is 5.69 Å². The highest BCUT2D eigenvalue weighted by Crippen LogP contribution is 2.25. The third-order valence-electron chi connectivity index (χ3n) is 2.50. The van der Waals surface area contributed by atoms with Gasteiger partial charge in [-0.15, -0.1) is 0 Å². The fourth-order valence-corrected chi connectivity index (χ4v) is 1.69. The number of rotatable bonds is 3. The van der Waals surface area contributed by atoms with Crippen molar-refractivity contribution in [3.63, 3.8) is 0 Å². The molecule has 88 valence electrons. The molecular formula is C13H16N4. The summed E-state index contributed by atoms with van der Waals surface area (Å²) in [5.41, 5.74) is 7.89. The topological polar surface area (TPSA) is 63.8 Å². The molecule has 0 aliphatic heterocycles. The van der Waals surface area contributed by atoms with Gasteiger partial charge >= 0.3 is 0 Å². The minimum absolute atomic E-state index is 0.414. The standard InChI is InChI=1S/C13H16N4/c1-9(2)10-5-3-4-6-11(10)16-13-8-15-7-12(14)17-13/h3-9H,1-2H3,(H3,14,16,17). The number of hydrogen-bond acceptors (Lipinski definition) is 4. The normalized spacial score (nSPS) is 10.5. The summed E-state index contributed by atoms with van der Waals surface area (Å²) in [6.45, 7) is 4.32. The number of nitrogens with zero attached hydrogens (tertiary/aromatic N) is 2. The summed E-state index contributed by atoms with van der Waals surface area (Å²) < 4.78 is 0. The predicted octanol–water partition coefficient (Wildman–Crippen LogP) is 2.93. The van der Waals surface area contributed by atoms with Gasteiger partial charge in [-0.05, 0) is 17.5 Å². The molecule has 1 aromatic carbocycles. The summed E-state index contributed by atoms with van der Waals surface area (Å²) in [5.74, 6) is 1.53. The van der Waals surface area contributed by atoms with Gasteiger partial charge in [0.2, 0.25) is 0 Å². The zero-order valence-electron chi connectivity index (χ0n) is 10.0. The Kier molecular flexibility index (Phi) is 3.23. The first-order chi connectivity index (χ1) is 8.16. The van der Waals surface area contributed by atoms with E-state index in [1.54, 1.807) is 6.20 Å². The second kappa shape index (κ2) is 4.82. The average molecular weight is 228 g/mol. The molecule has 0 unspecified atom stereocenters. The SMILES string of the molecule is CC(C)c1ccccc1Nc1cncc(N)n1. The lowest BCUT2D eigenvalue weighted by molar-refractivity contribution is 0.869. The highest BCUT2D eigenvalue weighted by Gasteiger charge is 2.06. The van der Waals surface area contributed by atoms with E-state index < -0.39 is 0 Å². The van der Waals surface area contributed by atoms with Crippen LogP contribution in [0.4, 0.5) is 17.3 Å². The van der Waals surface area contributed by atoms with Crippen LogP contribution in [0, 0.1) is 0 Å². The lowest BCUT2D eigenvalue weighted by Crippen LogP contribution is -2.01. The van der Waals surface area contributed by atoms with Crippen LogP contribution >= 0.6 is 0 Å². The zero-order valence-corrected chi connectivity index (χ0v) is 10.0. The van der Waals surface area contributed by atoms with E-state index in [2.05, 4.69) is 35.2 Å². The largest absolute Gasteiger partial charge is 0.382 e. The summed E-state index contributed by atoms with van der Waals surface area (Å²) in [6, 6.07) is 8.16. The molecule has 0 saturated heterocycles. The average Bonchev–Trinajstić information content (AvgIpc) is 2.29. The van der Waals surface area contributed by atoms with Crippen molar-refractivity contribution in [2.75, 3.05) is 11.1 Å². The van der Waals surface area contributed by atoms with Crippen LogP contribution in [0.15, 0.2) is 36.7 Å². The number of aromatic nitrogens is 2. The third-order valence-corrected chi connectivity index (χ3v) is 2.50. The maximum absolute atomic E-state index is 5.60. The van der Waals surface area contributed by atoms with Gasteiger partial charge in [-0.1, -0.05) is 32.0 Å². The molecule has 0 amide bonds. The van der Waals surface area contributed by atoms with Gasteiger partial charge in [0.05, 0.1) is 12.4 Å². The molecule has 0 aliphatic carbocycles. The molecule has 3 N–H and O–H groups in total. The Bertz CT molecular complexity index is 508. The van der Waals surface area contributed by atoms with E-state index in [-0.39, 0.29) is 0 Å². The minimum atomic E-state index is 0.414. The molecule has 1 aromatic heterocycles. The van der Waals surface area contributed by atoms with Crippen LogP contribution in [0.2, 0.25) is 0 Å². The van der Waals surface area contributed by atoms with Gasteiger partial charge in [-0.3, -0.25) is 4.98 Å². The second-order valence-corrected chi connectivity index (χ2v) is 4.20. The Morgan fingerprint density at radius 2 is 1.94 bits per heavy atom. The van der Waals surface area contributed by atoms with Crippen molar-refractivity contribution in [3.05, 3.63) is 42.2 Å². The Labute approximate surface area is 101 Å². The number of nitrogen functional groups attached to an aromatic ring is 1. The molecule has 0 fully saturated rings. The van der Waals surface area contributed by atoms with Crippen molar-refractivity contribution >= 4 is 17.3 Å². The molecule has 4 heteroatoms. The second-order valence-electron chi connectivity index (χ2n) is 4.20. The molecule has 1 heterocycles. The molecule has 0 aliphatic rings. The van der Waals surface area contributed by atoms with Gasteiger partial charge in [0.25, 0.3) is 0 Å². The molecule has 0 bridgehead atoms. The van der Waals surface area contributed by atoms with Crippen molar-refractivity contribution < 1.29 is 0 Å². The van der Waals surface area contributed by atoms with Gasteiger partial charge in [0.1, 0.15) is 5.82 Å². The van der Waals surface area contributed by atoms with Crippen LogP contribution in [0.1, 0.15) is 25.3 Å². The number of nitrogens with two attached hydrogens (primary N) is 1. The molecular weight excluding hydrogens is 212 g/mol. The summed E-state index contributed by atoms with van der Waals surface area (Å²) in [6.07, 6.45) is 3.19.